The lowest BCUT2D eigenvalue weighted by molar-refractivity contribution is -0.120. The molecule has 0 radical (unpaired) electrons. The Labute approximate surface area is 166 Å². The molecule has 8 heteroatoms. The summed E-state index contributed by atoms with van der Waals surface area (Å²) in [5.41, 5.74) is 2.98. The van der Waals surface area contributed by atoms with E-state index in [2.05, 4.69) is 28.2 Å². The van der Waals surface area contributed by atoms with Crippen LogP contribution < -0.4 is 15.4 Å². The maximum Gasteiger partial charge on any atom is 0.238 e. The second kappa shape index (κ2) is 8.72. The van der Waals surface area contributed by atoms with Crippen LogP contribution in [0, 0.1) is 0 Å². The van der Waals surface area contributed by atoms with E-state index >= 15 is 0 Å². The number of primary sulfonamides is 1. The quantitative estimate of drug-likeness (QED) is 0.750. The SMILES string of the molecule is CN1CCN(c2ccccc2CNC(=O)Cc2ccc(S(N)(=O)=O)cc2)CC1. The summed E-state index contributed by atoms with van der Waals surface area (Å²) in [5.74, 6) is -0.114. The number of carbonyl (C=O) groups excluding carboxylic acids is 1. The third-order valence-corrected chi connectivity index (χ3v) is 5.86. The van der Waals surface area contributed by atoms with Gasteiger partial charge in [0.05, 0.1) is 11.3 Å². The summed E-state index contributed by atoms with van der Waals surface area (Å²) >= 11 is 0. The van der Waals surface area contributed by atoms with Crippen molar-refractivity contribution in [3.8, 4) is 0 Å². The van der Waals surface area contributed by atoms with Crippen LogP contribution in [0.25, 0.3) is 0 Å². The highest BCUT2D eigenvalue weighted by molar-refractivity contribution is 7.89. The lowest BCUT2D eigenvalue weighted by atomic mass is 10.1. The van der Waals surface area contributed by atoms with Gasteiger partial charge in [-0.15, -0.1) is 0 Å². The van der Waals surface area contributed by atoms with E-state index in [1.54, 1.807) is 12.1 Å². The van der Waals surface area contributed by atoms with Crippen LogP contribution in [0.15, 0.2) is 53.4 Å². The maximum atomic E-state index is 12.3. The first kappa shape index (κ1) is 20.3. The Morgan fingerprint density at radius 2 is 1.68 bits per heavy atom. The van der Waals surface area contributed by atoms with Gasteiger partial charge in [0, 0.05) is 38.4 Å². The molecule has 2 aromatic carbocycles. The molecule has 1 aliphatic heterocycles. The summed E-state index contributed by atoms with van der Waals surface area (Å²) in [4.78, 5) is 17.0. The Morgan fingerprint density at radius 1 is 1.04 bits per heavy atom. The van der Waals surface area contributed by atoms with Crippen LogP contribution in [0.5, 0.6) is 0 Å². The molecule has 0 aromatic heterocycles. The molecule has 1 saturated heterocycles. The van der Waals surface area contributed by atoms with Crippen molar-refractivity contribution in [2.24, 2.45) is 5.14 Å². The number of hydrogen-bond donors (Lipinski definition) is 2. The Kier molecular flexibility index (Phi) is 6.33. The van der Waals surface area contributed by atoms with Crippen LogP contribution in [0.1, 0.15) is 11.1 Å². The molecule has 1 aliphatic rings. The highest BCUT2D eigenvalue weighted by Gasteiger charge is 2.17. The van der Waals surface area contributed by atoms with Crippen LogP contribution in [0.4, 0.5) is 5.69 Å². The van der Waals surface area contributed by atoms with Gasteiger partial charge in [-0.2, -0.15) is 0 Å². The number of rotatable bonds is 6. The van der Waals surface area contributed by atoms with E-state index < -0.39 is 10.0 Å². The first-order valence-electron chi connectivity index (χ1n) is 9.23. The molecule has 0 spiro atoms. The number of piperazine rings is 1. The van der Waals surface area contributed by atoms with Crippen molar-refractivity contribution in [1.29, 1.82) is 0 Å². The number of amides is 1. The highest BCUT2D eigenvalue weighted by Crippen LogP contribution is 2.21. The first-order valence-corrected chi connectivity index (χ1v) is 10.8. The molecule has 0 aliphatic carbocycles. The molecule has 0 atom stereocenters. The number of para-hydroxylation sites is 1. The molecule has 2 aromatic rings. The number of sulfonamides is 1. The van der Waals surface area contributed by atoms with Crippen molar-refractivity contribution >= 4 is 21.6 Å². The van der Waals surface area contributed by atoms with Crippen LogP contribution in [-0.2, 0) is 27.8 Å². The minimum atomic E-state index is -3.72. The van der Waals surface area contributed by atoms with Gasteiger partial charge in [0.2, 0.25) is 15.9 Å². The summed E-state index contributed by atoms with van der Waals surface area (Å²) in [5, 5.41) is 8.05. The van der Waals surface area contributed by atoms with Gasteiger partial charge in [0.1, 0.15) is 0 Å². The first-order chi connectivity index (χ1) is 13.3. The van der Waals surface area contributed by atoms with Crippen LogP contribution in [-0.4, -0.2) is 52.5 Å². The largest absolute Gasteiger partial charge is 0.369 e. The summed E-state index contributed by atoms with van der Waals surface area (Å²) in [6.45, 7) is 4.44. The third-order valence-electron chi connectivity index (χ3n) is 4.93. The Morgan fingerprint density at radius 3 is 2.32 bits per heavy atom. The second-order valence-corrected chi connectivity index (χ2v) is 8.62. The van der Waals surface area contributed by atoms with E-state index in [0.717, 1.165) is 43.0 Å². The summed E-state index contributed by atoms with van der Waals surface area (Å²) in [6.07, 6.45) is 0.182. The topological polar surface area (TPSA) is 95.7 Å². The number of anilines is 1. The minimum absolute atomic E-state index is 0.0396. The minimum Gasteiger partial charge on any atom is -0.369 e. The van der Waals surface area contributed by atoms with Crippen molar-refractivity contribution in [1.82, 2.24) is 10.2 Å². The molecule has 3 N–H and O–H groups in total. The van der Waals surface area contributed by atoms with Gasteiger partial charge >= 0.3 is 0 Å². The Balaban J connectivity index is 1.59. The van der Waals surface area contributed by atoms with Gasteiger partial charge in [-0.1, -0.05) is 30.3 Å². The van der Waals surface area contributed by atoms with Gasteiger partial charge in [-0.05, 0) is 36.4 Å². The summed E-state index contributed by atoms with van der Waals surface area (Å²) in [7, 11) is -1.60. The number of likely N-dealkylation sites (N-methyl/N-ethyl adjacent to an activating group) is 1. The second-order valence-electron chi connectivity index (χ2n) is 7.06. The Hall–Kier alpha value is -2.42. The monoisotopic (exact) mass is 402 g/mol. The van der Waals surface area contributed by atoms with Crippen molar-refractivity contribution in [3.05, 3.63) is 59.7 Å². The number of carbonyl (C=O) groups is 1. The average Bonchev–Trinajstić information content (AvgIpc) is 2.67. The molecule has 0 saturated carbocycles. The molecular weight excluding hydrogens is 376 g/mol. The summed E-state index contributed by atoms with van der Waals surface area (Å²) < 4.78 is 22.6. The fourth-order valence-corrected chi connectivity index (χ4v) is 3.77. The number of nitrogens with one attached hydrogen (secondary N) is 1. The molecule has 150 valence electrons. The number of nitrogens with zero attached hydrogens (tertiary/aromatic N) is 2. The van der Waals surface area contributed by atoms with Gasteiger partial charge in [-0.25, -0.2) is 13.6 Å². The van der Waals surface area contributed by atoms with Gasteiger partial charge in [-0.3, -0.25) is 4.79 Å². The van der Waals surface area contributed by atoms with Crippen LogP contribution in [0.2, 0.25) is 0 Å². The van der Waals surface area contributed by atoms with Crippen LogP contribution in [0.3, 0.4) is 0 Å². The predicted molar refractivity (Wildman–Crippen MR) is 110 cm³/mol. The number of benzene rings is 2. The van der Waals surface area contributed by atoms with E-state index in [4.69, 9.17) is 5.14 Å². The van der Waals surface area contributed by atoms with E-state index in [0.29, 0.717) is 6.54 Å². The molecule has 7 nitrogen and oxygen atoms in total. The zero-order valence-electron chi connectivity index (χ0n) is 16.0. The fourth-order valence-electron chi connectivity index (χ4n) is 3.25. The highest BCUT2D eigenvalue weighted by atomic mass is 32.2. The fraction of sp³-hybridized carbons (Fsp3) is 0.350. The van der Waals surface area contributed by atoms with Gasteiger partial charge in [0.15, 0.2) is 0 Å². The Bertz CT molecular complexity index is 921. The molecule has 1 fully saturated rings. The molecule has 1 amide bonds. The molecule has 0 bridgehead atoms. The lowest BCUT2D eigenvalue weighted by Crippen LogP contribution is -2.45. The molecular formula is C20H26N4O3S. The van der Waals surface area contributed by atoms with Crippen molar-refractivity contribution in [2.75, 3.05) is 38.1 Å². The van der Waals surface area contributed by atoms with Crippen LogP contribution >= 0.6 is 0 Å². The van der Waals surface area contributed by atoms with E-state index in [1.807, 2.05) is 18.2 Å². The van der Waals surface area contributed by atoms with Crippen molar-refractivity contribution in [2.45, 2.75) is 17.9 Å². The standard InChI is InChI=1S/C20H26N4O3S/c1-23-10-12-24(13-11-23)19-5-3-2-4-17(19)15-22-20(25)14-16-6-8-18(9-7-16)28(21,26)27/h2-9H,10-15H2,1H3,(H,22,25)(H2,21,26,27). The maximum absolute atomic E-state index is 12.3. The number of nitrogens with two attached hydrogens (primary N) is 1. The molecule has 28 heavy (non-hydrogen) atoms. The normalized spacial score (nSPS) is 15.4. The predicted octanol–water partition coefficient (Wildman–Crippen LogP) is 0.945. The molecule has 0 unspecified atom stereocenters. The molecule has 3 rings (SSSR count). The third kappa shape index (κ3) is 5.31. The van der Waals surface area contributed by atoms with Gasteiger partial charge < -0.3 is 15.1 Å². The van der Waals surface area contributed by atoms with Gasteiger partial charge in [0.25, 0.3) is 0 Å². The van der Waals surface area contributed by atoms with E-state index in [-0.39, 0.29) is 17.2 Å². The smallest absolute Gasteiger partial charge is 0.238 e. The van der Waals surface area contributed by atoms with Crippen molar-refractivity contribution < 1.29 is 13.2 Å². The number of hydrogen-bond acceptors (Lipinski definition) is 5. The lowest BCUT2D eigenvalue weighted by Gasteiger charge is -2.35. The average molecular weight is 403 g/mol. The molecule has 1 heterocycles. The van der Waals surface area contributed by atoms with E-state index in [9.17, 15) is 13.2 Å². The summed E-state index contributed by atoms with van der Waals surface area (Å²) in [6, 6.07) is 14.2. The zero-order chi connectivity index (χ0) is 20.1. The van der Waals surface area contributed by atoms with Crippen molar-refractivity contribution in [3.63, 3.8) is 0 Å². The van der Waals surface area contributed by atoms with E-state index in [1.165, 1.54) is 12.1 Å². The zero-order valence-corrected chi connectivity index (χ0v) is 16.8.